The van der Waals surface area contributed by atoms with Gasteiger partial charge in [-0.25, -0.2) is 19.6 Å². The summed E-state index contributed by atoms with van der Waals surface area (Å²) in [5, 5.41) is 5.64. The summed E-state index contributed by atoms with van der Waals surface area (Å²) in [7, 11) is 6.07. The minimum absolute atomic E-state index is 0.0587. The SMILES string of the molecule is [B]c1ccc2nc(C)c(-c3nc(-c4ccccc4)c(-c4ncn(C5CCCCO5)n4)s3)n2c1. The second-order valence-electron chi connectivity index (χ2n) is 8.17. The van der Waals surface area contributed by atoms with E-state index in [9.17, 15) is 0 Å². The van der Waals surface area contributed by atoms with Gasteiger partial charge in [0.1, 0.15) is 35.4 Å². The zero-order valence-corrected chi connectivity index (χ0v) is 19.0. The van der Waals surface area contributed by atoms with Gasteiger partial charge in [-0.1, -0.05) is 41.9 Å². The Kier molecular flexibility index (Phi) is 5.08. The molecule has 0 spiro atoms. The fourth-order valence-electron chi connectivity index (χ4n) is 4.25. The number of nitrogens with zero attached hydrogens (tertiary/aromatic N) is 6. The zero-order chi connectivity index (χ0) is 22.4. The Morgan fingerprint density at radius 1 is 1.09 bits per heavy atom. The fraction of sp³-hybridized carbons (Fsp3) is 0.250. The summed E-state index contributed by atoms with van der Waals surface area (Å²) in [6.45, 7) is 2.76. The quantitative estimate of drug-likeness (QED) is 0.383. The molecule has 9 heteroatoms. The highest BCUT2D eigenvalue weighted by Gasteiger charge is 2.24. The number of imidazole rings is 1. The topological polar surface area (TPSA) is 70.1 Å². The summed E-state index contributed by atoms with van der Waals surface area (Å²) < 4.78 is 9.73. The largest absolute Gasteiger partial charge is 0.356 e. The monoisotopic (exact) mass is 452 g/mol. The third-order valence-corrected chi connectivity index (χ3v) is 6.91. The Labute approximate surface area is 196 Å². The van der Waals surface area contributed by atoms with Gasteiger partial charge >= 0.3 is 0 Å². The predicted octanol–water partition coefficient (Wildman–Crippen LogP) is 4.18. The highest BCUT2D eigenvalue weighted by atomic mass is 32.1. The Balaban J connectivity index is 1.50. The minimum Gasteiger partial charge on any atom is -0.356 e. The van der Waals surface area contributed by atoms with Crippen molar-refractivity contribution in [1.29, 1.82) is 0 Å². The molecule has 5 heterocycles. The van der Waals surface area contributed by atoms with Crippen LogP contribution in [0.3, 0.4) is 0 Å². The number of fused-ring (bicyclic) bond motifs is 1. The lowest BCUT2D eigenvalue weighted by Crippen LogP contribution is -2.18. The summed E-state index contributed by atoms with van der Waals surface area (Å²) in [6.07, 6.45) is 6.77. The molecule has 0 N–H and O–H groups in total. The van der Waals surface area contributed by atoms with Crippen molar-refractivity contribution in [2.45, 2.75) is 32.4 Å². The van der Waals surface area contributed by atoms with Crippen LogP contribution in [-0.4, -0.2) is 43.6 Å². The molecular formula is C24H21BN6OS. The molecule has 1 unspecified atom stereocenters. The molecule has 4 aromatic heterocycles. The summed E-state index contributed by atoms with van der Waals surface area (Å²) in [6, 6.07) is 13.9. The van der Waals surface area contributed by atoms with Crippen LogP contribution in [0.2, 0.25) is 0 Å². The molecule has 5 aromatic rings. The van der Waals surface area contributed by atoms with Crippen LogP contribution in [0.1, 0.15) is 31.2 Å². The van der Waals surface area contributed by atoms with E-state index in [1.165, 1.54) is 0 Å². The van der Waals surface area contributed by atoms with Gasteiger partial charge in [0.25, 0.3) is 0 Å². The average molecular weight is 452 g/mol. The Hall–Kier alpha value is -3.30. The van der Waals surface area contributed by atoms with E-state index in [4.69, 9.17) is 27.6 Å². The molecule has 1 aliphatic heterocycles. The van der Waals surface area contributed by atoms with E-state index < -0.39 is 0 Å². The van der Waals surface area contributed by atoms with Crippen molar-refractivity contribution in [3.63, 3.8) is 0 Å². The normalized spacial score (nSPS) is 16.5. The van der Waals surface area contributed by atoms with E-state index in [1.807, 2.05) is 52.5 Å². The number of thiazole rings is 1. The first kappa shape index (κ1) is 20.3. The van der Waals surface area contributed by atoms with Crippen molar-refractivity contribution in [3.05, 3.63) is 60.7 Å². The smallest absolute Gasteiger partial charge is 0.193 e. The second-order valence-corrected chi connectivity index (χ2v) is 9.17. The number of ether oxygens (including phenoxy) is 1. The van der Waals surface area contributed by atoms with Gasteiger partial charge in [-0.05, 0) is 32.3 Å². The van der Waals surface area contributed by atoms with Crippen LogP contribution in [0, 0.1) is 6.92 Å². The maximum atomic E-state index is 6.07. The molecule has 1 atom stereocenters. The minimum atomic E-state index is -0.0587. The van der Waals surface area contributed by atoms with E-state index in [-0.39, 0.29) is 6.23 Å². The van der Waals surface area contributed by atoms with Crippen molar-refractivity contribution < 1.29 is 4.74 Å². The van der Waals surface area contributed by atoms with E-state index in [1.54, 1.807) is 17.7 Å². The van der Waals surface area contributed by atoms with Gasteiger partial charge in [-0.3, -0.25) is 4.40 Å². The first-order valence-corrected chi connectivity index (χ1v) is 11.8. The standard InChI is InChI=1S/C24H21BN6OS/c1-15-21(30-13-17(25)10-11-18(30)27-15)24-28-20(16-7-3-2-4-8-16)22(33-24)23-26-14-31(29-23)19-9-5-6-12-32-19/h2-4,7-8,10-11,13-14,19H,5-6,9,12H2,1H3. The lowest BCUT2D eigenvalue weighted by molar-refractivity contribution is -0.0395. The van der Waals surface area contributed by atoms with Crippen LogP contribution in [0.15, 0.2) is 55.0 Å². The molecule has 33 heavy (non-hydrogen) atoms. The first-order valence-electron chi connectivity index (χ1n) is 11.0. The van der Waals surface area contributed by atoms with Crippen LogP contribution in [0.4, 0.5) is 0 Å². The molecule has 2 radical (unpaired) electrons. The average Bonchev–Trinajstić information content (AvgIpc) is 3.56. The molecule has 162 valence electrons. The zero-order valence-electron chi connectivity index (χ0n) is 18.2. The third-order valence-electron chi connectivity index (χ3n) is 5.85. The van der Waals surface area contributed by atoms with Gasteiger partial charge < -0.3 is 4.74 Å². The first-order chi connectivity index (χ1) is 16.2. The lowest BCUT2D eigenvalue weighted by atomic mass is 9.99. The van der Waals surface area contributed by atoms with Crippen LogP contribution >= 0.6 is 11.3 Å². The lowest BCUT2D eigenvalue weighted by Gasteiger charge is -2.21. The van der Waals surface area contributed by atoms with Crippen molar-refractivity contribution >= 4 is 30.3 Å². The molecular weight excluding hydrogens is 431 g/mol. The molecule has 1 saturated heterocycles. The number of pyridine rings is 1. The van der Waals surface area contributed by atoms with Gasteiger partial charge in [0.05, 0.1) is 11.4 Å². The number of hydrogen-bond acceptors (Lipinski definition) is 6. The highest BCUT2D eigenvalue weighted by molar-refractivity contribution is 7.18. The summed E-state index contributed by atoms with van der Waals surface area (Å²) >= 11 is 1.57. The number of aryl methyl sites for hydroxylation is 1. The van der Waals surface area contributed by atoms with E-state index in [2.05, 4.69) is 17.1 Å². The molecule has 1 aromatic carbocycles. The number of benzene rings is 1. The molecule has 6 rings (SSSR count). The van der Waals surface area contributed by atoms with Crippen molar-refractivity contribution in [1.82, 2.24) is 29.1 Å². The highest BCUT2D eigenvalue weighted by Crippen LogP contribution is 2.40. The van der Waals surface area contributed by atoms with Gasteiger partial charge in [0, 0.05) is 18.4 Å². The van der Waals surface area contributed by atoms with Gasteiger partial charge in [0.15, 0.2) is 12.1 Å². The van der Waals surface area contributed by atoms with E-state index in [0.29, 0.717) is 11.3 Å². The van der Waals surface area contributed by atoms with Crippen LogP contribution in [-0.2, 0) is 4.74 Å². The number of rotatable bonds is 4. The molecule has 7 nitrogen and oxygen atoms in total. The van der Waals surface area contributed by atoms with Crippen LogP contribution in [0.25, 0.3) is 38.3 Å². The van der Waals surface area contributed by atoms with E-state index >= 15 is 0 Å². The Bertz CT molecular complexity index is 1430. The van der Waals surface area contributed by atoms with E-state index in [0.717, 1.165) is 64.0 Å². The van der Waals surface area contributed by atoms with Gasteiger partial charge in [0.2, 0.25) is 0 Å². The molecule has 0 saturated carbocycles. The fourth-order valence-corrected chi connectivity index (χ4v) is 5.37. The molecule has 1 fully saturated rings. The van der Waals surface area contributed by atoms with Gasteiger partial charge in [-0.15, -0.1) is 16.4 Å². The maximum absolute atomic E-state index is 6.07. The van der Waals surface area contributed by atoms with Crippen LogP contribution in [0.5, 0.6) is 0 Å². The number of hydrogen-bond donors (Lipinski definition) is 0. The number of aromatic nitrogens is 6. The molecule has 1 aliphatic rings. The predicted molar refractivity (Wildman–Crippen MR) is 130 cm³/mol. The molecule has 0 amide bonds. The summed E-state index contributed by atoms with van der Waals surface area (Å²) in [5.74, 6) is 0.651. The van der Waals surface area contributed by atoms with Crippen molar-refractivity contribution in [3.8, 4) is 32.7 Å². The molecule has 0 bridgehead atoms. The Morgan fingerprint density at radius 3 is 2.79 bits per heavy atom. The van der Waals surface area contributed by atoms with Crippen LogP contribution < -0.4 is 5.46 Å². The Morgan fingerprint density at radius 2 is 1.97 bits per heavy atom. The second kappa shape index (κ2) is 8.24. The summed E-state index contributed by atoms with van der Waals surface area (Å²) in [5.41, 5.74) is 5.22. The van der Waals surface area contributed by atoms with Gasteiger partial charge in [-0.2, -0.15) is 0 Å². The maximum Gasteiger partial charge on any atom is 0.193 e. The molecule has 0 aliphatic carbocycles. The third kappa shape index (κ3) is 3.67. The summed E-state index contributed by atoms with van der Waals surface area (Å²) in [4.78, 5) is 15.3. The van der Waals surface area contributed by atoms with Crippen molar-refractivity contribution in [2.24, 2.45) is 0 Å². The van der Waals surface area contributed by atoms with Crippen molar-refractivity contribution in [2.75, 3.05) is 6.61 Å².